The molecule has 1 atom stereocenters. The van der Waals surface area contributed by atoms with E-state index in [9.17, 15) is 13.7 Å². The summed E-state index contributed by atoms with van der Waals surface area (Å²) < 4.78 is 32.0. The molecular formula is C35H36N4O2S. The molecule has 0 saturated carbocycles. The van der Waals surface area contributed by atoms with Crippen LogP contribution in [0.25, 0.3) is 10.9 Å². The van der Waals surface area contributed by atoms with Crippen LogP contribution in [0.4, 0.5) is 0 Å². The molecule has 0 radical (unpaired) electrons. The zero-order valence-corrected chi connectivity index (χ0v) is 25.1. The molecule has 0 N–H and O–H groups in total. The number of fused-ring (bicyclic) bond motifs is 1. The molecule has 0 aliphatic carbocycles. The predicted molar refractivity (Wildman–Crippen MR) is 170 cm³/mol. The van der Waals surface area contributed by atoms with Crippen LogP contribution in [0, 0.1) is 11.3 Å². The topological polar surface area (TPSA) is 69.3 Å². The number of sulfonamides is 1. The molecule has 5 aromatic rings. The van der Waals surface area contributed by atoms with E-state index in [-0.39, 0.29) is 0 Å². The van der Waals surface area contributed by atoms with Gasteiger partial charge in [0, 0.05) is 37.2 Å². The number of nitriles is 1. The average molecular weight is 577 g/mol. The summed E-state index contributed by atoms with van der Waals surface area (Å²) in [6, 6.07) is 36.6. The first-order valence-electron chi connectivity index (χ1n) is 14.1. The number of likely N-dealkylation sites (N-methyl/N-ethyl adjacent to an activating group) is 1. The van der Waals surface area contributed by atoms with Crippen molar-refractivity contribution in [2.75, 3.05) is 27.7 Å². The molecule has 4 aromatic carbocycles. The molecular weight excluding hydrogens is 540 g/mol. The largest absolute Gasteiger partial charge is 0.343 e. The van der Waals surface area contributed by atoms with Gasteiger partial charge in [-0.25, -0.2) is 8.42 Å². The van der Waals surface area contributed by atoms with Gasteiger partial charge in [-0.1, -0.05) is 97.1 Å². The van der Waals surface area contributed by atoms with Crippen LogP contribution in [-0.2, 0) is 23.0 Å². The third kappa shape index (κ3) is 6.17. The highest BCUT2D eigenvalue weighted by Crippen LogP contribution is 2.36. The van der Waals surface area contributed by atoms with E-state index in [1.165, 1.54) is 9.87 Å². The van der Waals surface area contributed by atoms with Crippen molar-refractivity contribution in [2.45, 2.75) is 24.3 Å². The molecule has 214 valence electrons. The van der Waals surface area contributed by atoms with Crippen molar-refractivity contribution >= 4 is 20.9 Å². The summed E-state index contributed by atoms with van der Waals surface area (Å²) in [6.45, 7) is 1.56. The molecule has 0 spiro atoms. The van der Waals surface area contributed by atoms with E-state index in [0.717, 1.165) is 40.6 Å². The monoisotopic (exact) mass is 576 g/mol. The van der Waals surface area contributed by atoms with Crippen LogP contribution < -0.4 is 0 Å². The Kier molecular flexibility index (Phi) is 8.89. The van der Waals surface area contributed by atoms with Crippen molar-refractivity contribution in [1.82, 2.24) is 13.8 Å². The van der Waals surface area contributed by atoms with Gasteiger partial charge in [0.1, 0.15) is 0 Å². The zero-order valence-electron chi connectivity index (χ0n) is 24.3. The van der Waals surface area contributed by atoms with Gasteiger partial charge in [-0.3, -0.25) is 0 Å². The van der Waals surface area contributed by atoms with Gasteiger partial charge in [0.25, 0.3) is 0 Å². The van der Waals surface area contributed by atoms with Gasteiger partial charge in [0.05, 0.1) is 12.1 Å². The second-order valence-electron chi connectivity index (χ2n) is 10.9. The summed E-state index contributed by atoms with van der Waals surface area (Å²) in [6.07, 6.45) is 2.97. The van der Waals surface area contributed by atoms with Gasteiger partial charge in [-0.15, -0.1) is 0 Å². The lowest BCUT2D eigenvalue weighted by Crippen LogP contribution is -2.35. The fourth-order valence-corrected chi connectivity index (χ4v) is 7.01. The minimum atomic E-state index is -4.09. The van der Waals surface area contributed by atoms with Gasteiger partial charge < -0.3 is 9.47 Å². The molecule has 0 fully saturated rings. The maximum atomic E-state index is 14.2. The number of benzene rings is 4. The third-order valence-corrected chi connectivity index (χ3v) is 9.71. The molecule has 1 heterocycles. The van der Waals surface area contributed by atoms with Crippen LogP contribution in [0.2, 0.25) is 0 Å². The maximum absolute atomic E-state index is 14.2. The van der Waals surface area contributed by atoms with E-state index >= 15 is 0 Å². The first-order valence-corrected chi connectivity index (χ1v) is 15.6. The first-order chi connectivity index (χ1) is 20.3. The Labute approximate surface area is 249 Å². The lowest BCUT2D eigenvalue weighted by Gasteiger charge is -2.30. The fourth-order valence-electron chi connectivity index (χ4n) is 5.52. The van der Waals surface area contributed by atoms with E-state index in [2.05, 4.69) is 33.9 Å². The number of nitrogens with zero attached hydrogens (tertiary/aromatic N) is 4. The van der Waals surface area contributed by atoms with Crippen LogP contribution >= 0.6 is 0 Å². The van der Waals surface area contributed by atoms with Crippen LogP contribution in [0.15, 0.2) is 115 Å². The summed E-state index contributed by atoms with van der Waals surface area (Å²) in [5.74, 6) is 0. The quantitative estimate of drug-likeness (QED) is 0.182. The van der Waals surface area contributed by atoms with Crippen molar-refractivity contribution in [3.05, 3.63) is 143 Å². The van der Waals surface area contributed by atoms with E-state index in [1.807, 2.05) is 105 Å². The molecule has 1 aromatic heterocycles. The van der Waals surface area contributed by atoms with Crippen molar-refractivity contribution in [3.8, 4) is 6.07 Å². The summed E-state index contributed by atoms with van der Waals surface area (Å²) in [5.41, 5.74) is 5.48. The SMILES string of the molecule is CN(C)CCc1cn(Cc2ccccc2)c2ccc(C(C#N)S(=O)(=O)N(C)C(c3ccccc3)c3ccccc3)cc12. The van der Waals surface area contributed by atoms with Gasteiger partial charge in [0.2, 0.25) is 10.0 Å². The van der Waals surface area contributed by atoms with Crippen molar-refractivity contribution in [1.29, 1.82) is 5.26 Å². The summed E-state index contributed by atoms with van der Waals surface area (Å²) in [4.78, 5) is 2.13. The fraction of sp³-hybridized carbons (Fsp3) is 0.229. The van der Waals surface area contributed by atoms with Crippen LogP contribution in [0.5, 0.6) is 0 Å². The number of rotatable bonds is 11. The molecule has 0 aliphatic heterocycles. The molecule has 0 amide bonds. The number of hydrogen-bond donors (Lipinski definition) is 0. The van der Waals surface area contributed by atoms with E-state index in [0.29, 0.717) is 12.1 Å². The van der Waals surface area contributed by atoms with Crippen LogP contribution in [0.3, 0.4) is 0 Å². The Balaban J connectivity index is 1.56. The first kappa shape index (κ1) is 29.3. The van der Waals surface area contributed by atoms with Gasteiger partial charge in [0.15, 0.2) is 5.25 Å². The Hall–Kier alpha value is -4.22. The number of hydrogen-bond acceptors (Lipinski definition) is 4. The molecule has 0 saturated heterocycles. The standard InChI is InChI=1S/C35H36N4O2S/c1-37(2)22-21-31-26-39(25-27-13-7-4-8-14-27)33-20-19-30(23-32(31)33)34(24-36)42(40,41)38(3)35(28-15-9-5-10-16-28)29-17-11-6-12-18-29/h4-20,23,26,34-35H,21-22,25H2,1-3H3. The molecule has 5 rings (SSSR count). The van der Waals surface area contributed by atoms with E-state index in [4.69, 9.17) is 0 Å². The van der Waals surface area contributed by atoms with Crippen molar-refractivity contribution in [2.24, 2.45) is 0 Å². The lowest BCUT2D eigenvalue weighted by atomic mass is 9.99. The predicted octanol–water partition coefficient (Wildman–Crippen LogP) is 6.41. The van der Waals surface area contributed by atoms with E-state index in [1.54, 1.807) is 13.1 Å². The molecule has 0 bridgehead atoms. The van der Waals surface area contributed by atoms with Gasteiger partial charge in [-0.2, -0.15) is 9.57 Å². The van der Waals surface area contributed by atoms with Crippen LogP contribution in [-0.4, -0.2) is 49.9 Å². The van der Waals surface area contributed by atoms with Gasteiger partial charge >= 0.3 is 0 Å². The van der Waals surface area contributed by atoms with Crippen LogP contribution in [0.1, 0.15) is 39.1 Å². The Bertz CT molecular complexity index is 1740. The molecule has 7 heteroatoms. The van der Waals surface area contributed by atoms with Crippen molar-refractivity contribution in [3.63, 3.8) is 0 Å². The molecule has 0 aliphatic rings. The molecule has 1 unspecified atom stereocenters. The van der Waals surface area contributed by atoms with Crippen molar-refractivity contribution < 1.29 is 8.42 Å². The smallest absolute Gasteiger partial charge is 0.235 e. The molecule has 42 heavy (non-hydrogen) atoms. The Morgan fingerprint density at radius 1 is 0.786 bits per heavy atom. The average Bonchev–Trinajstić information content (AvgIpc) is 3.34. The number of aromatic nitrogens is 1. The highest BCUT2D eigenvalue weighted by Gasteiger charge is 2.37. The summed E-state index contributed by atoms with van der Waals surface area (Å²) in [5, 5.41) is 9.95. The summed E-state index contributed by atoms with van der Waals surface area (Å²) in [7, 11) is 1.56. The third-order valence-electron chi connectivity index (χ3n) is 7.73. The lowest BCUT2D eigenvalue weighted by molar-refractivity contribution is 0.414. The highest BCUT2D eigenvalue weighted by atomic mass is 32.2. The summed E-state index contributed by atoms with van der Waals surface area (Å²) >= 11 is 0. The second-order valence-corrected chi connectivity index (χ2v) is 13.0. The minimum Gasteiger partial charge on any atom is -0.343 e. The Morgan fingerprint density at radius 2 is 1.36 bits per heavy atom. The molecule has 6 nitrogen and oxygen atoms in total. The maximum Gasteiger partial charge on any atom is 0.235 e. The highest BCUT2D eigenvalue weighted by molar-refractivity contribution is 7.89. The van der Waals surface area contributed by atoms with Gasteiger partial charge in [-0.05, 0) is 60.5 Å². The second kappa shape index (κ2) is 12.7. The van der Waals surface area contributed by atoms with E-state index < -0.39 is 21.3 Å². The minimum absolute atomic E-state index is 0.472. The Morgan fingerprint density at radius 3 is 1.90 bits per heavy atom. The zero-order chi connectivity index (χ0) is 29.7. The normalized spacial score (nSPS) is 12.7.